The molecule has 0 aromatic heterocycles. The Bertz CT molecular complexity index is 349. The van der Waals surface area contributed by atoms with Gasteiger partial charge in [-0.2, -0.15) is 0 Å². The molecule has 16 heavy (non-hydrogen) atoms. The second-order valence-electron chi connectivity index (χ2n) is 3.70. The van der Waals surface area contributed by atoms with E-state index in [1.165, 1.54) is 4.90 Å². The van der Waals surface area contributed by atoms with Crippen molar-refractivity contribution >= 4 is 17.5 Å². The third kappa shape index (κ3) is 3.42. The number of halogens is 1. The van der Waals surface area contributed by atoms with Crippen LogP contribution < -0.4 is 4.74 Å². The van der Waals surface area contributed by atoms with Gasteiger partial charge in [-0.05, 0) is 30.7 Å². The van der Waals surface area contributed by atoms with Crippen molar-refractivity contribution in [2.45, 2.75) is 19.4 Å². The summed E-state index contributed by atoms with van der Waals surface area (Å²) in [5.74, 6) is 0.629. The molecule has 0 heterocycles. The summed E-state index contributed by atoms with van der Waals surface area (Å²) >= 11 is 5.76. The van der Waals surface area contributed by atoms with E-state index in [2.05, 4.69) is 0 Å². The van der Waals surface area contributed by atoms with Crippen molar-refractivity contribution in [2.75, 3.05) is 14.1 Å². The van der Waals surface area contributed by atoms with Crippen molar-refractivity contribution in [3.63, 3.8) is 0 Å². The van der Waals surface area contributed by atoms with Crippen LogP contribution in [0.1, 0.15) is 13.3 Å². The zero-order valence-corrected chi connectivity index (χ0v) is 10.5. The molecule has 0 saturated heterocycles. The number of rotatable bonds is 4. The first-order chi connectivity index (χ1) is 7.54. The van der Waals surface area contributed by atoms with Crippen molar-refractivity contribution in [2.24, 2.45) is 0 Å². The molecule has 0 bridgehead atoms. The van der Waals surface area contributed by atoms with Gasteiger partial charge in [-0.25, -0.2) is 0 Å². The molecular formula is C12H16ClNO2. The molecule has 1 aromatic carbocycles. The van der Waals surface area contributed by atoms with Crippen LogP contribution in [0.5, 0.6) is 5.75 Å². The summed E-state index contributed by atoms with van der Waals surface area (Å²) in [7, 11) is 3.44. The fraction of sp³-hybridized carbons (Fsp3) is 0.417. The number of likely N-dealkylation sites (N-methyl/N-ethyl adjacent to an activating group) is 1. The maximum absolute atomic E-state index is 11.7. The van der Waals surface area contributed by atoms with E-state index in [4.69, 9.17) is 16.3 Å². The van der Waals surface area contributed by atoms with Gasteiger partial charge in [-0.1, -0.05) is 18.5 Å². The first-order valence-electron chi connectivity index (χ1n) is 5.18. The number of hydrogen-bond acceptors (Lipinski definition) is 2. The maximum Gasteiger partial charge on any atom is 0.263 e. The molecule has 1 rings (SSSR count). The Morgan fingerprint density at radius 3 is 2.38 bits per heavy atom. The van der Waals surface area contributed by atoms with E-state index in [0.717, 1.165) is 0 Å². The summed E-state index contributed by atoms with van der Waals surface area (Å²) in [5.41, 5.74) is 0. The summed E-state index contributed by atoms with van der Waals surface area (Å²) in [6, 6.07) is 7.00. The Balaban J connectivity index is 2.70. The highest BCUT2D eigenvalue weighted by atomic mass is 35.5. The van der Waals surface area contributed by atoms with E-state index in [-0.39, 0.29) is 5.91 Å². The first-order valence-corrected chi connectivity index (χ1v) is 5.55. The van der Waals surface area contributed by atoms with Gasteiger partial charge >= 0.3 is 0 Å². The second kappa shape index (κ2) is 5.75. The monoisotopic (exact) mass is 241 g/mol. The predicted molar refractivity (Wildman–Crippen MR) is 64.9 cm³/mol. The highest BCUT2D eigenvalue weighted by Crippen LogP contribution is 2.18. The van der Waals surface area contributed by atoms with E-state index in [9.17, 15) is 4.79 Å². The second-order valence-corrected chi connectivity index (χ2v) is 4.14. The van der Waals surface area contributed by atoms with Crippen LogP contribution in [0.15, 0.2) is 24.3 Å². The van der Waals surface area contributed by atoms with Gasteiger partial charge in [-0.15, -0.1) is 0 Å². The highest BCUT2D eigenvalue weighted by molar-refractivity contribution is 6.30. The third-order valence-electron chi connectivity index (χ3n) is 2.18. The molecule has 1 unspecified atom stereocenters. The Hall–Kier alpha value is -1.22. The average Bonchev–Trinajstić information content (AvgIpc) is 2.27. The average molecular weight is 242 g/mol. The van der Waals surface area contributed by atoms with Gasteiger partial charge in [0.05, 0.1) is 0 Å². The predicted octanol–water partition coefficient (Wildman–Crippen LogP) is 2.59. The van der Waals surface area contributed by atoms with Crippen molar-refractivity contribution < 1.29 is 9.53 Å². The van der Waals surface area contributed by atoms with Crippen LogP contribution in [0.3, 0.4) is 0 Å². The van der Waals surface area contributed by atoms with Crippen LogP contribution in [-0.2, 0) is 4.79 Å². The molecule has 1 atom stereocenters. The molecule has 0 spiro atoms. The topological polar surface area (TPSA) is 29.5 Å². The summed E-state index contributed by atoms with van der Waals surface area (Å²) < 4.78 is 5.59. The fourth-order valence-electron chi connectivity index (χ4n) is 1.27. The number of carbonyl (C=O) groups is 1. The summed E-state index contributed by atoms with van der Waals surface area (Å²) in [4.78, 5) is 13.3. The molecule has 0 aliphatic heterocycles. The molecule has 3 nitrogen and oxygen atoms in total. The quantitative estimate of drug-likeness (QED) is 0.811. The van der Waals surface area contributed by atoms with Crippen molar-refractivity contribution in [1.29, 1.82) is 0 Å². The number of hydrogen-bond donors (Lipinski definition) is 0. The van der Waals surface area contributed by atoms with Crippen LogP contribution in [0.2, 0.25) is 5.02 Å². The molecule has 0 aliphatic carbocycles. The van der Waals surface area contributed by atoms with Crippen LogP contribution in [0.4, 0.5) is 0 Å². The summed E-state index contributed by atoms with van der Waals surface area (Å²) in [6.45, 7) is 1.92. The van der Waals surface area contributed by atoms with Gasteiger partial charge < -0.3 is 9.64 Å². The highest BCUT2D eigenvalue weighted by Gasteiger charge is 2.19. The lowest BCUT2D eigenvalue weighted by atomic mass is 10.2. The molecular weight excluding hydrogens is 226 g/mol. The zero-order valence-electron chi connectivity index (χ0n) is 9.74. The number of carbonyl (C=O) groups excluding carboxylic acids is 1. The van der Waals surface area contributed by atoms with Gasteiger partial charge in [0.25, 0.3) is 5.91 Å². The van der Waals surface area contributed by atoms with Crippen molar-refractivity contribution in [1.82, 2.24) is 4.90 Å². The number of ether oxygens (including phenoxy) is 1. The normalized spacial score (nSPS) is 12.0. The van der Waals surface area contributed by atoms with Crippen LogP contribution in [0.25, 0.3) is 0 Å². The molecule has 0 radical (unpaired) electrons. The molecule has 0 N–H and O–H groups in total. The number of nitrogens with zero attached hydrogens (tertiary/aromatic N) is 1. The van der Waals surface area contributed by atoms with Crippen LogP contribution in [-0.4, -0.2) is 31.0 Å². The minimum Gasteiger partial charge on any atom is -0.481 e. The van der Waals surface area contributed by atoms with Crippen LogP contribution >= 0.6 is 11.6 Å². The lowest BCUT2D eigenvalue weighted by Crippen LogP contribution is -2.37. The molecule has 88 valence electrons. The number of benzene rings is 1. The fourth-order valence-corrected chi connectivity index (χ4v) is 1.40. The molecule has 0 saturated carbocycles. The first kappa shape index (κ1) is 12.8. The van der Waals surface area contributed by atoms with Gasteiger partial charge in [0.2, 0.25) is 0 Å². The minimum absolute atomic E-state index is 0.0301. The number of amides is 1. The van der Waals surface area contributed by atoms with E-state index in [0.29, 0.717) is 17.2 Å². The van der Waals surface area contributed by atoms with Gasteiger partial charge in [-0.3, -0.25) is 4.79 Å². The third-order valence-corrected chi connectivity index (χ3v) is 2.43. The van der Waals surface area contributed by atoms with Crippen molar-refractivity contribution in [3.8, 4) is 5.75 Å². The Kier molecular flexibility index (Phi) is 4.62. The molecule has 0 fully saturated rings. The lowest BCUT2D eigenvalue weighted by molar-refractivity contribution is -0.136. The minimum atomic E-state index is -0.434. The Morgan fingerprint density at radius 1 is 1.38 bits per heavy atom. The molecule has 4 heteroatoms. The molecule has 0 aliphatic rings. The molecule has 1 aromatic rings. The SMILES string of the molecule is CCC(Oc1ccc(Cl)cc1)C(=O)N(C)C. The summed E-state index contributed by atoms with van der Waals surface area (Å²) in [5, 5.41) is 0.652. The van der Waals surface area contributed by atoms with Gasteiger partial charge in [0.1, 0.15) is 5.75 Å². The standard InChI is InChI=1S/C12H16ClNO2/c1-4-11(12(15)14(2)3)16-10-7-5-9(13)6-8-10/h5-8,11H,4H2,1-3H3. The summed E-state index contributed by atoms with van der Waals surface area (Å²) in [6.07, 6.45) is 0.204. The Labute approximate surface area is 101 Å². The van der Waals surface area contributed by atoms with E-state index in [1.807, 2.05) is 6.92 Å². The van der Waals surface area contributed by atoms with Crippen LogP contribution in [0, 0.1) is 0 Å². The maximum atomic E-state index is 11.7. The van der Waals surface area contributed by atoms with Gasteiger partial charge in [0, 0.05) is 19.1 Å². The van der Waals surface area contributed by atoms with E-state index in [1.54, 1.807) is 38.4 Å². The van der Waals surface area contributed by atoms with Crippen molar-refractivity contribution in [3.05, 3.63) is 29.3 Å². The zero-order chi connectivity index (χ0) is 12.1. The lowest BCUT2D eigenvalue weighted by Gasteiger charge is -2.20. The largest absolute Gasteiger partial charge is 0.481 e. The van der Waals surface area contributed by atoms with Gasteiger partial charge in [0.15, 0.2) is 6.10 Å². The molecule has 1 amide bonds. The van der Waals surface area contributed by atoms with E-state index < -0.39 is 6.10 Å². The smallest absolute Gasteiger partial charge is 0.263 e. The van der Waals surface area contributed by atoms with E-state index >= 15 is 0 Å². The Morgan fingerprint density at radius 2 is 1.94 bits per heavy atom.